The lowest BCUT2D eigenvalue weighted by molar-refractivity contribution is -0.152. The lowest BCUT2D eigenvalue weighted by Crippen LogP contribution is -2.64. The molecule has 0 bridgehead atoms. The molecule has 0 aromatic heterocycles. The molecule has 35 heavy (non-hydrogen) atoms. The van der Waals surface area contributed by atoms with Gasteiger partial charge in [0, 0.05) is 11.0 Å². The van der Waals surface area contributed by atoms with Crippen LogP contribution in [0.4, 0.5) is 0 Å². The third-order valence-corrected chi connectivity index (χ3v) is 12.3. The summed E-state index contributed by atoms with van der Waals surface area (Å²) < 4.78 is 27.5. The van der Waals surface area contributed by atoms with Crippen molar-refractivity contribution in [3.8, 4) is 0 Å². The van der Waals surface area contributed by atoms with Gasteiger partial charge in [0.25, 0.3) is 0 Å². The minimum Gasteiger partial charge on any atom is -0.509 e. The molecule has 0 aliphatic heterocycles. The monoisotopic (exact) mass is 501 g/mol. The van der Waals surface area contributed by atoms with Crippen molar-refractivity contribution >= 4 is 10.0 Å². The molecule has 3 N–H and O–H groups in total. The van der Waals surface area contributed by atoms with Gasteiger partial charge < -0.3 is 10.2 Å². The Balaban J connectivity index is 1.60. The Morgan fingerprint density at radius 1 is 0.971 bits per heavy atom. The summed E-state index contributed by atoms with van der Waals surface area (Å²) in [5, 5.41) is 21.0. The average Bonchev–Trinajstić information content (AvgIpc) is 2.75. The fraction of sp³-hybridized carbons (Fsp3) is 0.724. The van der Waals surface area contributed by atoms with Crippen molar-refractivity contribution in [2.75, 3.05) is 6.26 Å². The van der Waals surface area contributed by atoms with Crippen LogP contribution in [0.1, 0.15) is 86.5 Å². The van der Waals surface area contributed by atoms with Crippen LogP contribution in [0.3, 0.4) is 0 Å². The zero-order chi connectivity index (χ0) is 25.8. The smallest absolute Gasteiger partial charge is 0.209 e. The van der Waals surface area contributed by atoms with E-state index in [1.807, 2.05) is 13.0 Å². The third kappa shape index (κ3) is 3.42. The van der Waals surface area contributed by atoms with Gasteiger partial charge in [-0.25, -0.2) is 13.1 Å². The number of aliphatic hydroxyl groups is 2. The third-order valence-electron chi connectivity index (χ3n) is 11.4. The highest BCUT2D eigenvalue weighted by atomic mass is 32.2. The first kappa shape index (κ1) is 25.3. The molecule has 5 nitrogen and oxygen atoms in total. The Morgan fingerprint density at radius 2 is 1.63 bits per heavy atom. The van der Waals surface area contributed by atoms with Crippen molar-refractivity contribution in [3.05, 3.63) is 46.3 Å². The fourth-order valence-electron chi connectivity index (χ4n) is 9.12. The van der Waals surface area contributed by atoms with E-state index in [1.165, 1.54) is 11.8 Å². The zero-order valence-corrected chi connectivity index (χ0v) is 23.3. The highest BCUT2D eigenvalue weighted by molar-refractivity contribution is 7.88. The predicted octanol–water partition coefficient (Wildman–Crippen LogP) is 5.71. The van der Waals surface area contributed by atoms with Gasteiger partial charge in [-0.2, -0.15) is 0 Å². The van der Waals surface area contributed by atoms with Gasteiger partial charge in [0.2, 0.25) is 10.0 Å². The van der Waals surface area contributed by atoms with Crippen LogP contribution in [0.2, 0.25) is 0 Å². The predicted molar refractivity (Wildman–Crippen MR) is 140 cm³/mol. The lowest BCUT2D eigenvalue weighted by Gasteiger charge is -2.70. The van der Waals surface area contributed by atoms with Gasteiger partial charge in [-0.1, -0.05) is 45.4 Å². The second kappa shape index (κ2) is 7.35. The summed E-state index contributed by atoms with van der Waals surface area (Å²) in [6, 6.07) is 0. The molecule has 0 saturated heterocycles. The minimum atomic E-state index is -3.29. The first-order valence-corrected chi connectivity index (χ1v) is 15.1. The molecule has 3 fully saturated rings. The molecule has 1 unspecified atom stereocenters. The van der Waals surface area contributed by atoms with Crippen LogP contribution in [0.15, 0.2) is 46.3 Å². The van der Waals surface area contributed by atoms with E-state index in [0.717, 1.165) is 61.7 Å². The van der Waals surface area contributed by atoms with E-state index < -0.39 is 21.7 Å². The summed E-state index contributed by atoms with van der Waals surface area (Å²) in [7, 11) is -3.29. The Morgan fingerprint density at radius 3 is 2.29 bits per heavy atom. The van der Waals surface area contributed by atoms with E-state index in [9.17, 15) is 18.6 Å². The molecule has 5 aliphatic carbocycles. The molecule has 0 heterocycles. The highest BCUT2D eigenvalue weighted by Crippen LogP contribution is 2.75. The van der Waals surface area contributed by atoms with Crippen LogP contribution >= 0.6 is 0 Å². The Kier molecular flexibility index (Phi) is 5.31. The van der Waals surface area contributed by atoms with E-state index in [1.54, 1.807) is 0 Å². The average molecular weight is 502 g/mol. The summed E-state index contributed by atoms with van der Waals surface area (Å²) in [6.07, 6.45) is 13.8. The van der Waals surface area contributed by atoms with Crippen molar-refractivity contribution in [2.45, 2.75) is 98.1 Å². The molecule has 0 spiro atoms. The summed E-state index contributed by atoms with van der Waals surface area (Å²) in [5.41, 5.74) is 4.05. The van der Waals surface area contributed by atoms with Crippen molar-refractivity contribution in [2.24, 2.45) is 27.6 Å². The first-order chi connectivity index (χ1) is 16.0. The molecular weight excluding hydrogens is 458 g/mol. The molecule has 0 aromatic carbocycles. The molecule has 7 atom stereocenters. The van der Waals surface area contributed by atoms with Gasteiger partial charge >= 0.3 is 0 Å². The summed E-state index contributed by atoms with van der Waals surface area (Å²) in [4.78, 5) is 0. The Bertz CT molecular complexity index is 1210. The second-order valence-corrected chi connectivity index (χ2v) is 15.4. The van der Waals surface area contributed by atoms with Gasteiger partial charge in [0.05, 0.1) is 6.26 Å². The maximum atomic E-state index is 12.2. The number of sulfonamides is 1. The number of fused-ring (bicyclic) bond motifs is 7. The minimum absolute atomic E-state index is 0.0293. The quantitative estimate of drug-likeness (QED) is 0.453. The van der Waals surface area contributed by atoms with E-state index >= 15 is 0 Å². The highest BCUT2D eigenvalue weighted by Gasteiger charge is 2.66. The van der Waals surface area contributed by atoms with Gasteiger partial charge in [0.1, 0.15) is 11.9 Å². The topological polar surface area (TPSA) is 86.6 Å². The maximum absolute atomic E-state index is 12.2. The zero-order valence-electron chi connectivity index (χ0n) is 22.5. The summed E-state index contributed by atoms with van der Waals surface area (Å²) >= 11 is 0. The van der Waals surface area contributed by atoms with Gasteiger partial charge in [-0.15, -0.1) is 0 Å². The normalized spacial score (nSPS) is 47.5. The fourth-order valence-corrected chi connectivity index (χ4v) is 10.2. The van der Waals surface area contributed by atoms with Crippen molar-refractivity contribution in [1.29, 1.82) is 0 Å². The number of nitrogens with one attached hydrogen (secondary N) is 1. The van der Waals surface area contributed by atoms with Crippen molar-refractivity contribution in [3.63, 3.8) is 0 Å². The largest absolute Gasteiger partial charge is 0.509 e. The molecule has 5 rings (SSSR count). The number of rotatable bonds is 2. The van der Waals surface area contributed by atoms with E-state index in [-0.39, 0.29) is 27.4 Å². The van der Waals surface area contributed by atoms with Crippen LogP contribution in [0, 0.1) is 27.6 Å². The van der Waals surface area contributed by atoms with Crippen LogP contribution in [-0.4, -0.2) is 36.5 Å². The van der Waals surface area contributed by atoms with Crippen LogP contribution in [0.5, 0.6) is 0 Å². The van der Waals surface area contributed by atoms with Gasteiger partial charge in [-0.3, -0.25) is 0 Å². The van der Waals surface area contributed by atoms with Gasteiger partial charge in [0.15, 0.2) is 0 Å². The SMILES string of the molecule is CC1=C(O)C(O)C=C2C1=CC=C1[C@@]2(C)CC[C@@]2(C)[C@@H]3C[C@](C)(NS(C)(=O)=O)CC[C@]3(C)CC[C@]12C. The molecule has 0 aromatic rings. The van der Waals surface area contributed by atoms with E-state index in [4.69, 9.17) is 0 Å². The summed E-state index contributed by atoms with van der Waals surface area (Å²) in [6.45, 7) is 13.7. The lowest BCUT2D eigenvalue weighted by atomic mass is 9.35. The van der Waals surface area contributed by atoms with Crippen molar-refractivity contribution in [1.82, 2.24) is 4.72 Å². The van der Waals surface area contributed by atoms with E-state index in [2.05, 4.69) is 51.5 Å². The molecule has 194 valence electrons. The van der Waals surface area contributed by atoms with Crippen LogP contribution in [-0.2, 0) is 10.0 Å². The Labute approximate surface area is 211 Å². The molecular formula is C29H43NO4S. The number of aliphatic hydroxyl groups excluding tert-OH is 2. The molecule has 0 amide bonds. The molecule has 5 aliphatic rings. The molecule has 0 radical (unpaired) electrons. The van der Waals surface area contributed by atoms with Gasteiger partial charge in [-0.05, 0) is 104 Å². The molecule has 6 heteroatoms. The molecule has 3 saturated carbocycles. The second-order valence-electron chi connectivity index (χ2n) is 13.6. The Hall–Kier alpha value is -1.37. The first-order valence-electron chi connectivity index (χ1n) is 13.2. The number of hydrogen-bond acceptors (Lipinski definition) is 4. The van der Waals surface area contributed by atoms with Crippen LogP contribution in [0.25, 0.3) is 0 Å². The van der Waals surface area contributed by atoms with E-state index in [0.29, 0.717) is 5.92 Å². The number of allylic oxidation sites excluding steroid dienone is 6. The summed E-state index contributed by atoms with van der Waals surface area (Å²) in [5.74, 6) is 0.467. The van der Waals surface area contributed by atoms with Crippen molar-refractivity contribution < 1.29 is 18.6 Å². The number of hydrogen-bond donors (Lipinski definition) is 3. The standard InChI is InChI=1S/C29H43NO4S/c1-18-19-8-9-22-27(4,20(19)16-21(31)24(18)32)13-15-29(6)23-17-26(3,30-35(7,33)34)12-10-25(23,2)11-14-28(22,29)5/h8-9,16,21,23,30-32H,10-15,17H2,1-7H3/t21?,23-,25-,26-,27+,28-,29+/m1/s1. The maximum Gasteiger partial charge on any atom is 0.209 e. The van der Waals surface area contributed by atoms with Crippen LogP contribution < -0.4 is 4.72 Å².